The first-order chi connectivity index (χ1) is 9.51. The molecule has 0 spiro atoms. The third-order valence-corrected chi connectivity index (χ3v) is 2.77. The second kappa shape index (κ2) is 5.47. The van der Waals surface area contributed by atoms with Crippen molar-refractivity contribution in [3.05, 3.63) is 18.2 Å². The Labute approximate surface area is 114 Å². The minimum absolute atomic E-state index is 0.0865. The first kappa shape index (κ1) is 13.7. The molecule has 1 fully saturated rings. The van der Waals surface area contributed by atoms with Gasteiger partial charge >= 0.3 is 6.03 Å². The molecule has 0 aromatic heterocycles. The van der Waals surface area contributed by atoms with Crippen LogP contribution in [0.25, 0.3) is 0 Å². The van der Waals surface area contributed by atoms with E-state index in [9.17, 15) is 14.4 Å². The zero-order chi connectivity index (χ0) is 14.7. The number of imide groups is 1. The number of rotatable bonds is 4. The predicted molar refractivity (Wildman–Crippen MR) is 71.1 cm³/mol. The van der Waals surface area contributed by atoms with Gasteiger partial charge in [-0.15, -0.1) is 0 Å². The Morgan fingerprint density at radius 3 is 2.80 bits per heavy atom. The number of hydrogen-bond donors (Lipinski definition) is 3. The molecule has 1 saturated heterocycles. The molecule has 4 N–H and O–H groups in total. The lowest BCUT2D eigenvalue weighted by atomic mass is 10.2. The summed E-state index contributed by atoms with van der Waals surface area (Å²) in [5.74, 6) is -0.380. The van der Waals surface area contributed by atoms with E-state index in [1.54, 1.807) is 18.2 Å². The number of anilines is 2. The fourth-order valence-corrected chi connectivity index (χ4v) is 1.73. The van der Waals surface area contributed by atoms with Crippen molar-refractivity contribution < 1.29 is 19.1 Å². The number of methoxy groups -OCH3 is 1. The van der Waals surface area contributed by atoms with Gasteiger partial charge in [0.25, 0.3) is 5.91 Å². The van der Waals surface area contributed by atoms with Gasteiger partial charge in [0.1, 0.15) is 12.3 Å². The molecule has 4 amide bonds. The molecule has 106 valence electrons. The molecular weight excluding hydrogens is 264 g/mol. The summed E-state index contributed by atoms with van der Waals surface area (Å²) in [5.41, 5.74) is 6.47. The Morgan fingerprint density at radius 2 is 2.25 bits per heavy atom. The van der Waals surface area contributed by atoms with Crippen LogP contribution in [0.1, 0.15) is 0 Å². The van der Waals surface area contributed by atoms with Gasteiger partial charge in [0.2, 0.25) is 5.91 Å². The SMILES string of the molecule is COc1ccc(NC(=O)CN2C(=O)CNC2=O)c(N)c1. The third kappa shape index (κ3) is 2.79. The van der Waals surface area contributed by atoms with E-state index in [1.807, 2.05) is 0 Å². The number of nitrogens with two attached hydrogens (primary N) is 1. The fraction of sp³-hybridized carbons (Fsp3) is 0.250. The molecule has 1 aromatic carbocycles. The number of carbonyl (C=O) groups excluding carboxylic acids is 3. The van der Waals surface area contributed by atoms with Gasteiger partial charge in [-0.05, 0) is 12.1 Å². The smallest absolute Gasteiger partial charge is 0.325 e. The van der Waals surface area contributed by atoms with Gasteiger partial charge < -0.3 is 21.1 Å². The van der Waals surface area contributed by atoms with E-state index in [4.69, 9.17) is 10.5 Å². The van der Waals surface area contributed by atoms with Crippen LogP contribution in [0, 0.1) is 0 Å². The van der Waals surface area contributed by atoms with Crippen molar-refractivity contribution in [1.82, 2.24) is 10.2 Å². The average Bonchev–Trinajstić information content (AvgIpc) is 2.73. The Balaban J connectivity index is 2.01. The van der Waals surface area contributed by atoms with E-state index in [1.165, 1.54) is 7.11 Å². The molecule has 0 aliphatic carbocycles. The van der Waals surface area contributed by atoms with Crippen LogP contribution < -0.4 is 21.1 Å². The summed E-state index contributed by atoms with van der Waals surface area (Å²) in [6, 6.07) is 4.20. The average molecular weight is 278 g/mol. The van der Waals surface area contributed by atoms with Crippen LogP contribution in [0.5, 0.6) is 5.75 Å². The Hall–Kier alpha value is -2.77. The molecule has 1 aromatic rings. The van der Waals surface area contributed by atoms with Crippen molar-refractivity contribution in [2.75, 3.05) is 31.2 Å². The van der Waals surface area contributed by atoms with Gasteiger partial charge in [-0.1, -0.05) is 0 Å². The molecule has 2 rings (SSSR count). The molecule has 1 aliphatic rings. The van der Waals surface area contributed by atoms with E-state index in [0.717, 1.165) is 4.90 Å². The van der Waals surface area contributed by atoms with Crippen LogP contribution in [0.3, 0.4) is 0 Å². The van der Waals surface area contributed by atoms with Crippen molar-refractivity contribution in [3.63, 3.8) is 0 Å². The third-order valence-electron chi connectivity index (χ3n) is 2.77. The molecule has 20 heavy (non-hydrogen) atoms. The number of nitrogen functional groups attached to an aromatic ring is 1. The van der Waals surface area contributed by atoms with Crippen LogP contribution >= 0.6 is 0 Å². The highest BCUT2D eigenvalue weighted by Gasteiger charge is 2.30. The number of amides is 4. The summed E-state index contributed by atoms with van der Waals surface area (Å²) in [7, 11) is 1.50. The van der Waals surface area contributed by atoms with Crippen molar-refractivity contribution >= 4 is 29.2 Å². The van der Waals surface area contributed by atoms with E-state index >= 15 is 0 Å². The highest BCUT2D eigenvalue weighted by molar-refractivity contribution is 6.06. The van der Waals surface area contributed by atoms with Crippen LogP contribution in [0.4, 0.5) is 16.2 Å². The number of urea groups is 1. The molecule has 0 atom stereocenters. The minimum Gasteiger partial charge on any atom is -0.497 e. The largest absolute Gasteiger partial charge is 0.497 e. The zero-order valence-corrected chi connectivity index (χ0v) is 10.8. The Morgan fingerprint density at radius 1 is 1.50 bits per heavy atom. The lowest BCUT2D eigenvalue weighted by Gasteiger charge is -2.13. The van der Waals surface area contributed by atoms with Gasteiger partial charge in [-0.3, -0.25) is 14.5 Å². The van der Waals surface area contributed by atoms with Gasteiger partial charge in [0.05, 0.1) is 25.0 Å². The summed E-state index contributed by atoms with van der Waals surface area (Å²) >= 11 is 0. The van der Waals surface area contributed by atoms with Crippen LogP contribution in [-0.4, -0.2) is 42.9 Å². The molecule has 0 saturated carbocycles. The number of nitrogens with zero attached hydrogens (tertiary/aromatic N) is 1. The molecule has 1 heterocycles. The van der Waals surface area contributed by atoms with Gasteiger partial charge in [-0.2, -0.15) is 0 Å². The van der Waals surface area contributed by atoms with Crippen molar-refractivity contribution in [3.8, 4) is 5.75 Å². The molecule has 8 heteroatoms. The van der Waals surface area contributed by atoms with Crippen LogP contribution in [-0.2, 0) is 9.59 Å². The molecule has 0 bridgehead atoms. The van der Waals surface area contributed by atoms with Crippen molar-refractivity contribution in [1.29, 1.82) is 0 Å². The van der Waals surface area contributed by atoms with E-state index < -0.39 is 17.8 Å². The maximum atomic E-state index is 11.8. The number of hydrogen-bond acceptors (Lipinski definition) is 5. The first-order valence-corrected chi connectivity index (χ1v) is 5.83. The first-order valence-electron chi connectivity index (χ1n) is 5.83. The second-order valence-corrected chi connectivity index (χ2v) is 4.14. The number of carbonyl (C=O) groups is 3. The molecule has 1 aliphatic heterocycles. The number of ether oxygens (including phenoxy) is 1. The summed E-state index contributed by atoms with van der Waals surface area (Å²) in [5, 5.41) is 4.87. The van der Waals surface area contributed by atoms with Gasteiger partial charge in [-0.25, -0.2) is 4.79 Å². The summed E-state index contributed by atoms with van der Waals surface area (Å²) in [6.45, 7) is -0.438. The Bertz CT molecular complexity index is 557. The van der Waals surface area contributed by atoms with Crippen LogP contribution in [0.2, 0.25) is 0 Å². The summed E-state index contributed by atoms with van der Waals surface area (Å²) in [4.78, 5) is 35.3. The normalized spacial score (nSPS) is 14.2. The minimum atomic E-state index is -0.576. The standard InChI is InChI=1S/C12H14N4O4/c1-20-7-2-3-9(8(13)4-7)15-10(17)6-16-11(18)5-14-12(16)19/h2-4H,5-6,13H2,1H3,(H,14,19)(H,15,17). The van der Waals surface area contributed by atoms with E-state index in [0.29, 0.717) is 17.1 Å². The quantitative estimate of drug-likeness (QED) is 0.520. The van der Waals surface area contributed by atoms with Crippen molar-refractivity contribution in [2.24, 2.45) is 0 Å². The summed E-state index contributed by atoms with van der Waals surface area (Å²) < 4.78 is 4.99. The number of benzene rings is 1. The molecular formula is C12H14N4O4. The Kier molecular flexibility index (Phi) is 3.74. The van der Waals surface area contributed by atoms with E-state index in [-0.39, 0.29) is 13.1 Å². The van der Waals surface area contributed by atoms with E-state index in [2.05, 4.69) is 10.6 Å². The maximum absolute atomic E-state index is 11.8. The van der Waals surface area contributed by atoms with Crippen LogP contribution in [0.15, 0.2) is 18.2 Å². The van der Waals surface area contributed by atoms with Gasteiger partial charge in [0.15, 0.2) is 0 Å². The highest BCUT2D eigenvalue weighted by Crippen LogP contribution is 2.23. The summed E-state index contributed by atoms with van der Waals surface area (Å²) in [6.07, 6.45) is 0. The lowest BCUT2D eigenvalue weighted by Crippen LogP contribution is -2.38. The molecule has 8 nitrogen and oxygen atoms in total. The highest BCUT2D eigenvalue weighted by atomic mass is 16.5. The zero-order valence-electron chi connectivity index (χ0n) is 10.8. The lowest BCUT2D eigenvalue weighted by molar-refractivity contribution is -0.128. The van der Waals surface area contributed by atoms with Gasteiger partial charge in [0, 0.05) is 6.07 Å². The monoisotopic (exact) mass is 278 g/mol. The molecule has 0 radical (unpaired) electrons. The number of nitrogens with one attached hydrogen (secondary N) is 2. The van der Waals surface area contributed by atoms with Crippen molar-refractivity contribution in [2.45, 2.75) is 0 Å². The molecule has 0 unspecified atom stereocenters. The fourth-order valence-electron chi connectivity index (χ4n) is 1.73. The second-order valence-electron chi connectivity index (χ2n) is 4.14. The predicted octanol–water partition coefficient (Wildman–Crippen LogP) is -0.232. The maximum Gasteiger partial charge on any atom is 0.325 e. The topological polar surface area (TPSA) is 114 Å².